The molecule has 3 aliphatic heterocycles. The van der Waals surface area contributed by atoms with Gasteiger partial charge in [-0.1, -0.05) is 53.7 Å². The van der Waals surface area contributed by atoms with Gasteiger partial charge in [0.15, 0.2) is 23.0 Å². The number of phenolic OH excluding ortho intramolecular Hbond substituents is 1. The van der Waals surface area contributed by atoms with Crippen LogP contribution < -0.4 is 14.2 Å². The smallest absolute Gasteiger partial charge is 0.165 e. The van der Waals surface area contributed by atoms with Crippen molar-refractivity contribution in [2.45, 2.75) is 203 Å². The fraction of sp³-hybridized carbons (Fsp3) is 0.800. The first-order chi connectivity index (χ1) is 33.1. The highest BCUT2D eigenvalue weighted by atomic mass is 16.6. The van der Waals surface area contributed by atoms with E-state index in [4.69, 9.17) is 23.7 Å². The first-order valence-electron chi connectivity index (χ1n) is 28.1. The van der Waals surface area contributed by atoms with E-state index in [1.807, 2.05) is 20.3 Å². The standard InChI is InChI=1S/C60H86N2O8/c1-51(2,3)53(7,64)42-31-55-19-21-58(42,66-9)35-57(55)23-25-61(33-36-11-12-36)44(55)29-38-15-17-40(48(63)46(38)57)68-27-28-69-41-18-16-39-30-45-56-20-22-60(67-10,43(32-56)54(8,65)52(4,5)6)50-59(56,47(39)49(41)70-50)24-26-62(45)34-37-13-14-37/h15-18,36-37,42-45,50,63-65H,11-14,19-35H2,1-10H3/t42-,43-,44-,45-,50?,53+,54+,55-,56-,57-,58-,59+,60+/m1/s1. The minimum absolute atomic E-state index is 0.0188. The van der Waals surface area contributed by atoms with Crippen molar-refractivity contribution in [1.82, 2.24) is 9.80 Å². The minimum Gasteiger partial charge on any atom is -0.504 e. The van der Waals surface area contributed by atoms with Gasteiger partial charge in [0.1, 0.15) is 24.9 Å². The number of aromatic hydroxyl groups is 1. The summed E-state index contributed by atoms with van der Waals surface area (Å²) in [5.74, 6) is 3.95. The lowest BCUT2D eigenvalue weighted by Gasteiger charge is -2.75. The van der Waals surface area contributed by atoms with Crippen LogP contribution in [0.15, 0.2) is 24.3 Å². The van der Waals surface area contributed by atoms with Gasteiger partial charge < -0.3 is 39.0 Å². The Morgan fingerprint density at radius 3 is 1.81 bits per heavy atom. The number of fused-ring (bicyclic) bond motifs is 5. The van der Waals surface area contributed by atoms with Crippen LogP contribution in [0.5, 0.6) is 23.0 Å². The Hall–Kier alpha value is -2.60. The number of phenols is 1. The van der Waals surface area contributed by atoms with Gasteiger partial charge in [0.2, 0.25) is 0 Å². The normalized spacial score (nSPS) is 41.7. The van der Waals surface area contributed by atoms with Crippen molar-refractivity contribution in [1.29, 1.82) is 0 Å². The number of rotatable bonds is 13. The lowest BCUT2D eigenvalue weighted by Crippen LogP contribution is -2.83. The van der Waals surface area contributed by atoms with Gasteiger partial charge in [-0.05, 0) is 175 Å². The summed E-state index contributed by atoms with van der Waals surface area (Å²) in [7, 11) is 3.75. The molecule has 3 heterocycles. The molecule has 8 saturated carbocycles. The summed E-state index contributed by atoms with van der Waals surface area (Å²) in [6.45, 7) is 22.2. The van der Waals surface area contributed by atoms with E-state index in [0.717, 1.165) is 119 Å². The van der Waals surface area contributed by atoms with Crippen LogP contribution in [-0.4, -0.2) is 119 Å². The molecule has 0 aromatic heterocycles. The molecule has 2 aromatic rings. The molecule has 3 spiro atoms. The maximum absolute atomic E-state index is 12.8. The maximum Gasteiger partial charge on any atom is 0.165 e. The Kier molecular flexibility index (Phi) is 9.98. The first kappa shape index (κ1) is 47.1. The molecule has 10 nitrogen and oxygen atoms in total. The van der Waals surface area contributed by atoms with Crippen molar-refractivity contribution in [3.05, 3.63) is 46.5 Å². The highest BCUT2D eigenvalue weighted by Crippen LogP contribution is 2.79. The number of piperidine rings is 2. The number of aliphatic hydroxyl groups is 2. The summed E-state index contributed by atoms with van der Waals surface area (Å²) in [6.07, 6.45) is 15.6. The van der Waals surface area contributed by atoms with Crippen molar-refractivity contribution < 1.29 is 39.0 Å². The fourth-order valence-corrected chi connectivity index (χ4v) is 19.2. The number of likely N-dealkylation sites (tertiary alicyclic amines) is 2. The van der Waals surface area contributed by atoms with Crippen molar-refractivity contribution in [2.75, 3.05) is 53.6 Å². The van der Waals surface area contributed by atoms with E-state index in [9.17, 15) is 15.3 Å². The monoisotopic (exact) mass is 963 g/mol. The second kappa shape index (κ2) is 14.8. The Morgan fingerprint density at radius 1 is 0.643 bits per heavy atom. The van der Waals surface area contributed by atoms with E-state index in [1.54, 1.807) is 0 Å². The Balaban J connectivity index is 0.810. The number of ether oxygens (including phenoxy) is 5. The molecule has 10 aliphatic carbocycles. The SMILES string of the molecule is CO[C@@]12CC[C@@]3(C[C@@H]1[C@](C)(O)C(C)(C)C)[C@H]1Cc4ccc(OCCOc5ccc6c7c5OC5[C@]78CCN(CC7CC7)[C@H](C6)[C@]86CC[C@]5(OC)[C@@H]([C@](C)(O)C(C)(C)C)C6)c(O)c4[C@@]3(CCN1CC1CC1)C2. The molecule has 8 bridgehead atoms. The van der Waals surface area contributed by atoms with E-state index in [2.05, 4.69) is 83.4 Å². The number of nitrogens with zero attached hydrogens (tertiary/aromatic N) is 2. The topological polar surface area (TPSA) is 113 Å². The predicted molar refractivity (Wildman–Crippen MR) is 270 cm³/mol. The van der Waals surface area contributed by atoms with Gasteiger partial charge in [-0.15, -0.1) is 0 Å². The second-order valence-corrected chi connectivity index (χ2v) is 28.2. The van der Waals surface area contributed by atoms with E-state index >= 15 is 0 Å². The predicted octanol–water partition coefficient (Wildman–Crippen LogP) is 9.52. The molecule has 10 heteroatoms. The van der Waals surface area contributed by atoms with Gasteiger partial charge in [0.05, 0.1) is 16.8 Å². The fourth-order valence-electron chi connectivity index (χ4n) is 19.2. The van der Waals surface area contributed by atoms with E-state index in [1.165, 1.54) is 48.9 Å². The third-order valence-electron chi connectivity index (χ3n) is 24.0. The molecule has 384 valence electrons. The molecular weight excluding hydrogens is 877 g/mol. The van der Waals surface area contributed by atoms with Crippen LogP contribution in [0.3, 0.4) is 0 Å². The molecule has 70 heavy (non-hydrogen) atoms. The number of hydrogen-bond donors (Lipinski definition) is 3. The van der Waals surface area contributed by atoms with Gasteiger partial charge >= 0.3 is 0 Å². The molecule has 1 unspecified atom stereocenters. The lowest BCUT2D eigenvalue weighted by atomic mass is 9.33. The van der Waals surface area contributed by atoms with Crippen LogP contribution in [0, 0.1) is 45.3 Å². The summed E-state index contributed by atoms with van der Waals surface area (Å²) < 4.78 is 34.6. The van der Waals surface area contributed by atoms with E-state index in [0.29, 0.717) is 24.4 Å². The minimum atomic E-state index is -0.975. The van der Waals surface area contributed by atoms with Crippen LogP contribution in [0.4, 0.5) is 0 Å². The summed E-state index contributed by atoms with van der Waals surface area (Å²) in [5, 5.41) is 38.1. The van der Waals surface area contributed by atoms with Gasteiger partial charge in [-0.3, -0.25) is 9.80 Å². The van der Waals surface area contributed by atoms with Crippen molar-refractivity contribution >= 4 is 0 Å². The molecule has 10 fully saturated rings. The Labute approximate surface area is 418 Å². The van der Waals surface area contributed by atoms with Crippen LogP contribution in [0.1, 0.15) is 161 Å². The van der Waals surface area contributed by atoms with E-state index in [-0.39, 0.29) is 62.8 Å². The third kappa shape index (κ3) is 5.79. The van der Waals surface area contributed by atoms with Crippen molar-refractivity contribution in [3.8, 4) is 23.0 Å². The van der Waals surface area contributed by atoms with Crippen LogP contribution in [0.25, 0.3) is 0 Å². The summed E-state index contributed by atoms with van der Waals surface area (Å²) in [4.78, 5) is 5.70. The van der Waals surface area contributed by atoms with Crippen molar-refractivity contribution in [3.63, 3.8) is 0 Å². The van der Waals surface area contributed by atoms with Gasteiger partial charge in [0.25, 0.3) is 0 Å². The molecule has 2 aromatic carbocycles. The molecule has 13 aliphatic rings. The molecule has 0 radical (unpaired) electrons. The highest BCUT2D eigenvalue weighted by Gasteiger charge is 2.83. The zero-order chi connectivity index (χ0) is 49.0. The van der Waals surface area contributed by atoms with E-state index < -0.39 is 22.4 Å². The zero-order valence-corrected chi connectivity index (χ0v) is 44.5. The number of benzene rings is 2. The highest BCUT2D eigenvalue weighted by molar-refractivity contribution is 5.64. The summed E-state index contributed by atoms with van der Waals surface area (Å²) in [5.41, 5.74) is 0.746. The maximum atomic E-state index is 12.8. The van der Waals surface area contributed by atoms with Crippen molar-refractivity contribution in [2.24, 2.45) is 45.3 Å². The summed E-state index contributed by atoms with van der Waals surface area (Å²) in [6, 6.07) is 9.49. The first-order valence-corrected chi connectivity index (χ1v) is 28.1. The quantitative estimate of drug-likeness (QED) is 0.168. The third-order valence-corrected chi connectivity index (χ3v) is 24.0. The lowest BCUT2D eigenvalue weighted by molar-refractivity contribution is -0.312. The van der Waals surface area contributed by atoms with Crippen LogP contribution in [-0.2, 0) is 33.1 Å². The van der Waals surface area contributed by atoms with Gasteiger partial charge in [-0.25, -0.2) is 0 Å². The average Bonchev–Trinajstić information content (AvgIpc) is 4.27. The molecule has 0 amide bonds. The number of hydrogen-bond acceptors (Lipinski definition) is 10. The zero-order valence-electron chi connectivity index (χ0n) is 44.5. The number of methoxy groups -OCH3 is 2. The Morgan fingerprint density at radius 2 is 1.20 bits per heavy atom. The van der Waals surface area contributed by atoms with Crippen LogP contribution in [0.2, 0.25) is 0 Å². The van der Waals surface area contributed by atoms with Gasteiger partial charge in [-0.2, -0.15) is 0 Å². The molecule has 2 saturated heterocycles. The molecule has 15 rings (SSSR count). The van der Waals surface area contributed by atoms with Gasteiger partial charge in [0, 0.05) is 78.6 Å². The van der Waals surface area contributed by atoms with Crippen LogP contribution >= 0.6 is 0 Å². The largest absolute Gasteiger partial charge is 0.504 e. The molecule has 13 atom stereocenters. The molecule has 3 N–H and O–H groups in total. The molecular formula is C60H86N2O8. The summed E-state index contributed by atoms with van der Waals surface area (Å²) >= 11 is 0. The second-order valence-electron chi connectivity index (χ2n) is 28.2. The average molecular weight is 963 g/mol. The Bertz CT molecular complexity index is 2470.